The van der Waals surface area contributed by atoms with Gasteiger partial charge in [0.2, 0.25) is 5.91 Å². The van der Waals surface area contributed by atoms with Gasteiger partial charge in [0.25, 0.3) is 0 Å². The van der Waals surface area contributed by atoms with Gasteiger partial charge in [0.1, 0.15) is 6.61 Å². The van der Waals surface area contributed by atoms with Crippen LogP contribution in [-0.4, -0.2) is 30.7 Å². The van der Waals surface area contributed by atoms with Crippen molar-refractivity contribution >= 4 is 5.91 Å². The van der Waals surface area contributed by atoms with Crippen molar-refractivity contribution in [1.29, 1.82) is 0 Å². The minimum absolute atomic E-state index is 0.0564. The summed E-state index contributed by atoms with van der Waals surface area (Å²) < 4.78 is 5.44. The van der Waals surface area contributed by atoms with Gasteiger partial charge >= 0.3 is 0 Å². The first-order chi connectivity index (χ1) is 6.59. The van der Waals surface area contributed by atoms with E-state index in [-0.39, 0.29) is 30.7 Å². The minimum Gasteiger partial charge on any atom is -0.367 e. The van der Waals surface area contributed by atoms with Crippen LogP contribution in [0.2, 0.25) is 0 Å². The average Bonchev–Trinajstić information content (AvgIpc) is 2.46. The maximum atomic E-state index is 11.2. The van der Waals surface area contributed by atoms with E-state index in [9.17, 15) is 4.79 Å². The highest BCUT2D eigenvalue weighted by atomic mass is 16.5. The predicted molar refractivity (Wildman–Crippen MR) is 54.8 cm³/mol. The number of hydrogen-bond donors (Lipinski definition) is 2. The van der Waals surface area contributed by atoms with E-state index in [1.54, 1.807) is 0 Å². The Bertz CT molecular complexity index is 195. The van der Waals surface area contributed by atoms with Crippen molar-refractivity contribution in [3.8, 4) is 0 Å². The molecule has 1 aliphatic rings. The lowest BCUT2D eigenvalue weighted by molar-refractivity contribution is -0.128. The van der Waals surface area contributed by atoms with Gasteiger partial charge in [0, 0.05) is 12.1 Å². The van der Waals surface area contributed by atoms with E-state index < -0.39 is 0 Å². The van der Waals surface area contributed by atoms with Crippen molar-refractivity contribution in [2.75, 3.05) is 6.61 Å². The third-order valence-corrected chi connectivity index (χ3v) is 2.38. The summed E-state index contributed by atoms with van der Waals surface area (Å²) in [5, 5.41) is 2.78. The highest BCUT2D eigenvalue weighted by molar-refractivity contribution is 5.77. The number of rotatable bonds is 4. The Balaban J connectivity index is 2.16. The summed E-state index contributed by atoms with van der Waals surface area (Å²) in [6.07, 6.45) is 3.18. The summed E-state index contributed by atoms with van der Waals surface area (Å²) in [4.78, 5) is 11.2. The molecular formula is C10H20N2O2. The van der Waals surface area contributed by atoms with E-state index in [4.69, 9.17) is 10.5 Å². The van der Waals surface area contributed by atoms with E-state index in [2.05, 4.69) is 5.32 Å². The van der Waals surface area contributed by atoms with Crippen molar-refractivity contribution < 1.29 is 9.53 Å². The normalized spacial score (nSPS) is 26.9. The highest BCUT2D eigenvalue weighted by Crippen LogP contribution is 2.19. The lowest BCUT2D eigenvalue weighted by atomic mass is 10.2. The number of amides is 1. The number of carbonyl (C=O) groups is 1. The van der Waals surface area contributed by atoms with Crippen LogP contribution in [0.5, 0.6) is 0 Å². The van der Waals surface area contributed by atoms with Gasteiger partial charge in [-0.05, 0) is 33.1 Å². The van der Waals surface area contributed by atoms with E-state index in [0.29, 0.717) is 0 Å². The molecule has 0 aromatic rings. The first-order valence-corrected chi connectivity index (χ1v) is 5.26. The Kier molecular flexibility index (Phi) is 4.35. The van der Waals surface area contributed by atoms with Crippen LogP contribution in [0, 0.1) is 0 Å². The zero-order valence-corrected chi connectivity index (χ0v) is 8.95. The average molecular weight is 200 g/mol. The van der Waals surface area contributed by atoms with Crippen LogP contribution < -0.4 is 11.1 Å². The molecule has 0 bridgehead atoms. The van der Waals surface area contributed by atoms with Gasteiger partial charge in [-0.25, -0.2) is 0 Å². The fraction of sp³-hybridized carbons (Fsp3) is 0.900. The Labute approximate surface area is 85.2 Å². The molecule has 1 amide bonds. The van der Waals surface area contributed by atoms with Gasteiger partial charge in [-0.3, -0.25) is 4.79 Å². The van der Waals surface area contributed by atoms with Gasteiger partial charge in [-0.1, -0.05) is 0 Å². The fourth-order valence-corrected chi connectivity index (χ4v) is 1.71. The quantitative estimate of drug-likeness (QED) is 0.690. The molecule has 2 atom stereocenters. The van der Waals surface area contributed by atoms with Crippen LogP contribution in [0.1, 0.15) is 33.1 Å². The van der Waals surface area contributed by atoms with Crippen molar-refractivity contribution in [3.63, 3.8) is 0 Å². The second-order valence-electron chi connectivity index (χ2n) is 4.17. The lowest BCUT2D eigenvalue weighted by Gasteiger charge is -2.16. The molecule has 14 heavy (non-hydrogen) atoms. The molecule has 0 radical (unpaired) electrons. The first-order valence-electron chi connectivity index (χ1n) is 5.26. The maximum Gasteiger partial charge on any atom is 0.246 e. The van der Waals surface area contributed by atoms with Gasteiger partial charge in [0.05, 0.1) is 6.10 Å². The van der Waals surface area contributed by atoms with Crippen LogP contribution in [-0.2, 0) is 9.53 Å². The summed E-state index contributed by atoms with van der Waals surface area (Å²) in [5.74, 6) is -0.0564. The van der Waals surface area contributed by atoms with E-state index >= 15 is 0 Å². The molecular weight excluding hydrogens is 180 g/mol. The summed E-state index contributed by atoms with van der Waals surface area (Å²) in [6, 6.07) is 0.283. The fourth-order valence-electron chi connectivity index (χ4n) is 1.71. The smallest absolute Gasteiger partial charge is 0.246 e. The zero-order chi connectivity index (χ0) is 10.6. The number of ether oxygens (including phenoxy) is 1. The summed E-state index contributed by atoms with van der Waals surface area (Å²) in [6.45, 7) is 3.99. The third-order valence-electron chi connectivity index (χ3n) is 2.38. The van der Waals surface area contributed by atoms with Gasteiger partial charge in [-0.15, -0.1) is 0 Å². The highest BCUT2D eigenvalue weighted by Gasteiger charge is 2.25. The summed E-state index contributed by atoms with van der Waals surface area (Å²) in [7, 11) is 0. The molecule has 0 heterocycles. The van der Waals surface area contributed by atoms with Gasteiger partial charge in [-0.2, -0.15) is 0 Å². The van der Waals surface area contributed by atoms with Crippen molar-refractivity contribution in [2.24, 2.45) is 5.73 Å². The van der Waals surface area contributed by atoms with Crippen LogP contribution in [0.25, 0.3) is 0 Å². The largest absolute Gasteiger partial charge is 0.367 e. The minimum atomic E-state index is -0.0564. The second-order valence-corrected chi connectivity index (χ2v) is 4.17. The number of nitrogens with one attached hydrogen (secondary N) is 1. The van der Waals surface area contributed by atoms with Crippen LogP contribution in [0.3, 0.4) is 0 Å². The molecule has 1 fully saturated rings. The molecule has 0 aliphatic heterocycles. The predicted octanol–water partition coefficient (Wildman–Crippen LogP) is 0.407. The van der Waals surface area contributed by atoms with Gasteiger partial charge in [0.15, 0.2) is 0 Å². The summed E-state index contributed by atoms with van der Waals surface area (Å²) >= 11 is 0. The topological polar surface area (TPSA) is 64.3 Å². The third kappa shape index (κ3) is 3.64. The molecule has 2 unspecified atom stereocenters. The molecule has 0 aromatic heterocycles. The molecule has 82 valence electrons. The maximum absolute atomic E-state index is 11.2. The van der Waals surface area contributed by atoms with Crippen molar-refractivity contribution in [3.05, 3.63) is 0 Å². The molecule has 4 nitrogen and oxygen atoms in total. The molecule has 1 aliphatic carbocycles. The Morgan fingerprint density at radius 2 is 2.29 bits per heavy atom. The Morgan fingerprint density at radius 1 is 1.57 bits per heavy atom. The van der Waals surface area contributed by atoms with Crippen LogP contribution >= 0.6 is 0 Å². The number of carbonyl (C=O) groups excluding carboxylic acids is 1. The molecule has 0 spiro atoms. The monoisotopic (exact) mass is 200 g/mol. The van der Waals surface area contributed by atoms with Gasteiger partial charge < -0.3 is 15.8 Å². The molecule has 1 saturated carbocycles. The Morgan fingerprint density at radius 3 is 2.79 bits per heavy atom. The van der Waals surface area contributed by atoms with E-state index in [0.717, 1.165) is 19.3 Å². The molecule has 3 N–H and O–H groups in total. The number of nitrogens with two attached hydrogens (primary N) is 1. The van der Waals surface area contributed by atoms with Crippen molar-refractivity contribution in [1.82, 2.24) is 5.32 Å². The zero-order valence-electron chi connectivity index (χ0n) is 8.95. The van der Waals surface area contributed by atoms with Crippen LogP contribution in [0.15, 0.2) is 0 Å². The lowest BCUT2D eigenvalue weighted by Crippen LogP contribution is -2.37. The van der Waals surface area contributed by atoms with E-state index in [1.165, 1.54) is 0 Å². The Hall–Kier alpha value is -0.610. The van der Waals surface area contributed by atoms with Crippen LogP contribution in [0.4, 0.5) is 0 Å². The molecule has 1 rings (SSSR count). The van der Waals surface area contributed by atoms with Crippen molar-refractivity contribution in [2.45, 2.75) is 51.3 Å². The number of hydrogen-bond acceptors (Lipinski definition) is 3. The summed E-state index contributed by atoms with van der Waals surface area (Å²) in [5.41, 5.74) is 5.81. The standard InChI is InChI=1S/C10H20N2O2/c1-7(2)12-10(13)6-14-9-5-3-4-8(9)11/h7-9H,3-6,11H2,1-2H3,(H,12,13). The SMILES string of the molecule is CC(C)NC(=O)COC1CCCC1N. The second kappa shape index (κ2) is 5.32. The molecule has 0 aromatic carbocycles. The first kappa shape index (κ1) is 11.5. The molecule has 4 heteroatoms. The molecule has 0 saturated heterocycles. The van der Waals surface area contributed by atoms with E-state index in [1.807, 2.05) is 13.8 Å².